The maximum atomic E-state index is 9.81. The van der Waals surface area contributed by atoms with Crippen molar-refractivity contribution >= 4 is 10.9 Å². The van der Waals surface area contributed by atoms with Crippen molar-refractivity contribution in [2.45, 2.75) is 20.0 Å². The molecule has 0 fully saturated rings. The molecule has 0 spiro atoms. The zero-order valence-electron chi connectivity index (χ0n) is 8.99. The number of aromatic hydroxyl groups is 1. The zero-order valence-corrected chi connectivity index (χ0v) is 8.99. The number of fused-ring (bicyclic) bond motifs is 1. The first kappa shape index (κ1) is 9.98. The Kier molecular flexibility index (Phi) is 2.60. The molecular weight excluding hydrogens is 190 g/mol. The number of hydrogen-bond acceptors (Lipinski definition) is 3. The molecule has 0 saturated carbocycles. The number of benzene rings is 1. The number of phenols is 1. The Hall–Kier alpha value is -1.55. The molecule has 0 radical (unpaired) electrons. The molecule has 4 nitrogen and oxygen atoms in total. The molecule has 15 heavy (non-hydrogen) atoms. The molecule has 0 saturated heterocycles. The van der Waals surface area contributed by atoms with E-state index in [0.717, 1.165) is 23.1 Å². The van der Waals surface area contributed by atoms with Crippen LogP contribution in [0, 0.1) is 0 Å². The predicted molar refractivity (Wildman–Crippen MR) is 59.8 cm³/mol. The first-order valence-corrected chi connectivity index (χ1v) is 5.10. The predicted octanol–water partition coefficient (Wildman–Crippen LogP) is 1.48. The van der Waals surface area contributed by atoms with Gasteiger partial charge in [0.1, 0.15) is 5.75 Å². The van der Waals surface area contributed by atoms with Gasteiger partial charge in [0.25, 0.3) is 0 Å². The van der Waals surface area contributed by atoms with Crippen molar-refractivity contribution in [3.8, 4) is 5.75 Å². The summed E-state index contributed by atoms with van der Waals surface area (Å²) in [6, 6.07) is 5.43. The summed E-state index contributed by atoms with van der Waals surface area (Å²) in [4.78, 5) is 0. The molecule has 0 unspecified atom stereocenters. The molecule has 1 heterocycles. The number of hydrogen-bond donors (Lipinski definition) is 2. The van der Waals surface area contributed by atoms with E-state index in [1.54, 1.807) is 6.07 Å². The molecule has 2 aromatic rings. The van der Waals surface area contributed by atoms with E-state index in [2.05, 4.69) is 10.4 Å². The lowest BCUT2D eigenvalue weighted by Gasteiger charge is -2.04. The lowest BCUT2D eigenvalue weighted by Crippen LogP contribution is -2.11. The maximum Gasteiger partial charge on any atom is 0.126 e. The second-order valence-corrected chi connectivity index (χ2v) is 3.46. The summed E-state index contributed by atoms with van der Waals surface area (Å²) in [5, 5.41) is 18.2. The van der Waals surface area contributed by atoms with Crippen molar-refractivity contribution in [2.24, 2.45) is 0 Å². The summed E-state index contributed by atoms with van der Waals surface area (Å²) in [6.45, 7) is 3.56. The third kappa shape index (κ3) is 1.57. The normalized spacial score (nSPS) is 11.1. The van der Waals surface area contributed by atoms with Crippen LogP contribution in [0.15, 0.2) is 18.2 Å². The van der Waals surface area contributed by atoms with Gasteiger partial charge in [-0.2, -0.15) is 5.10 Å². The number of nitrogens with zero attached hydrogens (tertiary/aromatic N) is 2. The van der Waals surface area contributed by atoms with E-state index in [1.807, 2.05) is 30.8 Å². The Morgan fingerprint density at radius 1 is 1.47 bits per heavy atom. The van der Waals surface area contributed by atoms with Crippen LogP contribution in [0.25, 0.3) is 10.9 Å². The third-order valence-corrected chi connectivity index (χ3v) is 2.49. The first-order valence-electron chi connectivity index (χ1n) is 5.10. The van der Waals surface area contributed by atoms with E-state index < -0.39 is 0 Å². The molecular formula is C11H15N3O. The summed E-state index contributed by atoms with van der Waals surface area (Å²) in [7, 11) is 1.89. The SMILES string of the molecule is CCn1nc2cccc(O)c2c1CNC. The highest BCUT2D eigenvalue weighted by Gasteiger charge is 2.12. The van der Waals surface area contributed by atoms with Crippen molar-refractivity contribution in [3.05, 3.63) is 23.9 Å². The van der Waals surface area contributed by atoms with Gasteiger partial charge in [-0.25, -0.2) is 0 Å². The maximum absolute atomic E-state index is 9.81. The van der Waals surface area contributed by atoms with E-state index in [4.69, 9.17) is 0 Å². The van der Waals surface area contributed by atoms with Crippen LogP contribution in [0.5, 0.6) is 5.75 Å². The summed E-state index contributed by atoms with van der Waals surface area (Å²) >= 11 is 0. The van der Waals surface area contributed by atoms with E-state index in [1.165, 1.54) is 0 Å². The number of phenolic OH excluding ortho intramolecular Hbond substituents is 1. The monoisotopic (exact) mass is 205 g/mol. The van der Waals surface area contributed by atoms with Gasteiger partial charge in [0.15, 0.2) is 0 Å². The van der Waals surface area contributed by atoms with E-state index in [0.29, 0.717) is 12.3 Å². The van der Waals surface area contributed by atoms with Gasteiger partial charge in [-0.15, -0.1) is 0 Å². The van der Waals surface area contributed by atoms with Crippen LogP contribution in [0.1, 0.15) is 12.6 Å². The second-order valence-electron chi connectivity index (χ2n) is 3.46. The summed E-state index contributed by atoms with van der Waals surface area (Å²) in [6.07, 6.45) is 0. The number of aromatic nitrogens is 2. The van der Waals surface area contributed by atoms with Gasteiger partial charge >= 0.3 is 0 Å². The minimum absolute atomic E-state index is 0.303. The number of rotatable bonds is 3. The topological polar surface area (TPSA) is 50.1 Å². The van der Waals surface area contributed by atoms with Gasteiger partial charge in [0.05, 0.1) is 16.6 Å². The highest BCUT2D eigenvalue weighted by atomic mass is 16.3. The standard InChI is InChI=1S/C11H15N3O/c1-3-14-9(7-12-2)11-8(13-14)5-4-6-10(11)15/h4-6,12,15H,3,7H2,1-2H3. The van der Waals surface area contributed by atoms with E-state index in [9.17, 15) is 5.11 Å². The fraction of sp³-hybridized carbons (Fsp3) is 0.364. The number of aryl methyl sites for hydroxylation is 1. The molecule has 0 aliphatic rings. The van der Waals surface area contributed by atoms with Gasteiger partial charge < -0.3 is 10.4 Å². The minimum atomic E-state index is 0.303. The number of nitrogens with one attached hydrogen (secondary N) is 1. The molecule has 4 heteroatoms. The Labute approximate surface area is 88.5 Å². The summed E-state index contributed by atoms with van der Waals surface area (Å²) in [5.74, 6) is 0.303. The van der Waals surface area contributed by atoms with Crippen LogP contribution < -0.4 is 5.32 Å². The van der Waals surface area contributed by atoms with E-state index in [-0.39, 0.29) is 0 Å². The van der Waals surface area contributed by atoms with Crippen molar-refractivity contribution in [1.82, 2.24) is 15.1 Å². The van der Waals surface area contributed by atoms with Crippen molar-refractivity contribution in [3.63, 3.8) is 0 Å². The van der Waals surface area contributed by atoms with E-state index >= 15 is 0 Å². The lowest BCUT2D eigenvalue weighted by molar-refractivity contribution is 0.480. The van der Waals surface area contributed by atoms with Crippen LogP contribution >= 0.6 is 0 Å². The fourth-order valence-electron chi connectivity index (χ4n) is 1.84. The largest absolute Gasteiger partial charge is 0.507 e. The van der Waals surface area contributed by atoms with Crippen molar-refractivity contribution in [1.29, 1.82) is 0 Å². The van der Waals surface area contributed by atoms with Gasteiger partial charge in [0.2, 0.25) is 0 Å². The molecule has 0 amide bonds. The lowest BCUT2D eigenvalue weighted by atomic mass is 10.2. The van der Waals surface area contributed by atoms with Crippen LogP contribution in [0.3, 0.4) is 0 Å². The van der Waals surface area contributed by atoms with Gasteiger partial charge in [-0.3, -0.25) is 4.68 Å². The first-order chi connectivity index (χ1) is 7.27. The van der Waals surface area contributed by atoms with Crippen LogP contribution in [-0.2, 0) is 13.1 Å². The highest BCUT2D eigenvalue weighted by Crippen LogP contribution is 2.27. The van der Waals surface area contributed by atoms with Gasteiger partial charge in [-0.05, 0) is 26.1 Å². The highest BCUT2D eigenvalue weighted by molar-refractivity contribution is 5.87. The Morgan fingerprint density at radius 3 is 2.93 bits per heavy atom. The minimum Gasteiger partial charge on any atom is -0.507 e. The summed E-state index contributed by atoms with van der Waals surface area (Å²) in [5.41, 5.74) is 1.88. The molecule has 0 bridgehead atoms. The third-order valence-electron chi connectivity index (χ3n) is 2.49. The molecule has 80 valence electrons. The molecule has 1 aromatic carbocycles. The average molecular weight is 205 g/mol. The fourth-order valence-corrected chi connectivity index (χ4v) is 1.84. The smallest absolute Gasteiger partial charge is 0.126 e. The molecule has 0 atom stereocenters. The second kappa shape index (κ2) is 3.90. The average Bonchev–Trinajstić information content (AvgIpc) is 2.58. The van der Waals surface area contributed by atoms with Crippen LogP contribution in [0.2, 0.25) is 0 Å². The molecule has 2 rings (SSSR count). The molecule has 0 aliphatic heterocycles. The quantitative estimate of drug-likeness (QED) is 0.798. The van der Waals surface area contributed by atoms with Crippen LogP contribution in [0.4, 0.5) is 0 Å². The zero-order chi connectivity index (χ0) is 10.8. The molecule has 1 aromatic heterocycles. The Morgan fingerprint density at radius 2 is 2.27 bits per heavy atom. The molecule has 0 aliphatic carbocycles. The Bertz CT molecular complexity index is 476. The van der Waals surface area contributed by atoms with Crippen molar-refractivity contribution in [2.75, 3.05) is 7.05 Å². The van der Waals surface area contributed by atoms with Gasteiger partial charge in [0, 0.05) is 13.1 Å². The summed E-state index contributed by atoms with van der Waals surface area (Å²) < 4.78 is 1.92. The van der Waals surface area contributed by atoms with Crippen LogP contribution in [-0.4, -0.2) is 21.9 Å². The Balaban J connectivity index is 2.70. The van der Waals surface area contributed by atoms with Crippen molar-refractivity contribution < 1.29 is 5.11 Å². The molecule has 2 N–H and O–H groups in total. The van der Waals surface area contributed by atoms with Gasteiger partial charge in [-0.1, -0.05) is 6.07 Å².